The summed E-state index contributed by atoms with van der Waals surface area (Å²) in [5, 5.41) is 12.6. The maximum absolute atomic E-state index is 13.1. The number of aromatic nitrogens is 1. The molecule has 1 heterocycles. The molecule has 0 aliphatic heterocycles. The number of carbonyl (C=O) groups excluding carboxylic acids is 1. The Kier molecular flexibility index (Phi) is 4.71. The molecule has 0 spiro atoms. The van der Waals surface area contributed by atoms with Crippen molar-refractivity contribution in [3.05, 3.63) is 28.8 Å². The molecule has 1 fully saturated rings. The van der Waals surface area contributed by atoms with Gasteiger partial charge in [-0.25, -0.2) is 9.37 Å². The molecule has 2 rings (SSSR count). The van der Waals surface area contributed by atoms with Crippen molar-refractivity contribution in [3.8, 4) is 0 Å². The van der Waals surface area contributed by atoms with Crippen LogP contribution in [0.2, 0.25) is 5.15 Å². The zero-order valence-corrected chi connectivity index (χ0v) is 11.2. The Morgan fingerprint density at radius 1 is 1.42 bits per heavy atom. The van der Waals surface area contributed by atoms with Crippen molar-refractivity contribution in [1.82, 2.24) is 10.3 Å². The van der Waals surface area contributed by atoms with Crippen LogP contribution in [0.15, 0.2) is 12.3 Å². The summed E-state index contributed by atoms with van der Waals surface area (Å²) >= 11 is 5.78. The summed E-state index contributed by atoms with van der Waals surface area (Å²) in [6, 6.07) is 0.739. The van der Waals surface area contributed by atoms with Crippen LogP contribution in [0, 0.1) is 5.82 Å². The van der Waals surface area contributed by atoms with Crippen molar-refractivity contribution in [2.75, 3.05) is 0 Å². The number of halogens is 2. The van der Waals surface area contributed by atoms with Gasteiger partial charge < -0.3 is 10.4 Å². The minimum Gasteiger partial charge on any atom is -0.391 e. The monoisotopic (exact) mass is 286 g/mol. The highest BCUT2D eigenvalue weighted by Gasteiger charge is 2.24. The SMILES string of the molecule is O=C(NC1CCCCCC1O)c1cc(F)cnc1Cl. The van der Waals surface area contributed by atoms with E-state index in [1.807, 2.05) is 0 Å². The first-order valence-electron chi connectivity index (χ1n) is 6.38. The average molecular weight is 287 g/mol. The van der Waals surface area contributed by atoms with Crippen LogP contribution < -0.4 is 5.32 Å². The van der Waals surface area contributed by atoms with Gasteiger partial charge in [0.05, 0.1) is 23.9 Å². The van der Waals surface area contributed by atoms with Gasteiger partial charge in [-0.3, -0.25) is 4.79 Å². The Bertz CT molecular complexity index is 470. The lowest BCUT2D eigenvalue weighted by Crippen LogP contribution is -2.42. The lowest BCUT2D eigenvalue weighted by molar-refractivity contribution is 0.0818. The van der Waals surface area contributed by atoms with Crippen molar-refractivity contribution in [2.45, 2.75) is 44.2 Å². The van der Waals surface area contributed by atoms with Crippen molar-refractivity contribution in [1.29, 1.82) is 0 Å². The second kappa shape index (κ2) is 6.30. The van der Waals surface area contributed by atoms with Crippen molar-refractivity contribution in [2.24, 2.45) is 0 Å². The van der Waals surface area contributed by atoms with E-state index in [9.17, 15) is 14.3 Å². The topological polar surface area (TPSA) is 62.2 Å². The number of nitrogens with zero attached hydrogens (tertiary/aromatic N) is 1. The minimum atomic E-state index is -0.615. The van der Waals surface area contributed by atoms with E-state index in [2.05, 4.69) is 10.3 Å². The summed E-state index contributed by atoms with van der Waals surface area (Å²) < 4.78 is 13.1. The molecular formula is C13H16ClFN2O2. The number of hydrogen-bond acceptors (Lipinski definition) is 3. The molecule has 1 aromatic heterocycles. The van der Waals surface area contributed by atoms with E-state index in [1.54, 1.807) is 0 Å². The Hall–Kier alpha value is -1.20. The molecular weight excluding hydrogens is 271 g/mol. The molecule has 2 atom stereocenters. The molecule has 4 nitrogen and oxygen atoms in total. The molecule has 0 aromatic carbocycles. The number of amides is 1. The van der Waals surface area contributed by atoms with Gasteiger partial charge in [0.1, 0.15) is 11.0 Å². The van der Waals surface area contributed by atoms with Gasteiger partial charge in [-0.05, 0) is 18.9 Å². The van der Waals surface area contributed by atoms with E-state index in [0.717, 1.165) is 31.5 Å². The summed E-state index contributed by atoms with van der Waals surface area (Å²) in [6.45, 7) is 0. The molecule has 6 heteroatoms. The predicted octanol–water partition coefficient (Wildman–Crippen LogP) is 2.30. The van der Waals surface area contributed by atoms with Crippen LogP contribution in [0.4, 0.5) is 4.39 Å². The fourth-order valence-electron chi connectivity index (χ4n) is 2.28. The fourth-order valence-corrected chi connectivity index (χ4v) is 2.47. The number of pyridine rings is 1. The Morgan fingerprint density at radius 2 is 2.16 bits per heavy atom. The van der Waals surface area contributed by atoms with Gasteiger partial charge in [0.15, 0.2) is 0 Å². The minimum absolute atomic E-state index is 0.00175. The van der Waals surface area contributed by atoms with Crippen molar-refractivity contribution < 1.29 is 14.3 Å². The zero-order chi connectivity index (χ0) is 13.8. The second-order valence-corrected chi connectivity index (χ2v) is 5.14. The first-order chi connectivity index (χ1) is 9.08. The van der Waals surface area contributed by atoms with Crippen LogP contribution >= 0.6 is 11.6 Å². The molecule has 19 heavy (non-hydrogen) atoms. The van der Waals surface area contributed by atoms with Gasteiger partial charge in [-0.1, -0.05) is 30.9 Å². The van der Waals surface area contributed by atoms with Gasteiger partial charge >= 0.3 is 0 Å². The van der Waals surface area contributed by atoms with Gasteiger partial charge in [-0.2, -0.15) is 0 Å². The predicted molar refractivity (Wildman–Crippen MR) is 69.6 cm³/mol. The molecule has 1 aromatic rings. The van der Waals surface area contributed by atoms with Crippen LogP contribution in [0.3, 0.4) is 0 Å². The van der Waals surface area contributed by atoms with E-state index in [-0.39, 0.29) is 16.8 Å². The summed E-state index contributed by atoms with van der Waals surface area (Å²) in [5.74, 6) is -1.11. The number of aliphatic hydroxyl groups excluding tert-OH is 1. The fraction of sp³-hybridized carbons (Fsp3) is 0.538. The number of hydrogen-bond donors (Lipinski definition) is 2. The van der Waals surface area contributed by atoms with Crippen molar-refractivity contribution in [3.63, 3.8) is 0 Å². The van der Waals surface area contributed by atoms with E-state index < -0.39 is 17.8 Å². The Morgan fingerprint density at radius 3 is 2.95 bits per heavy atom. The molecule has 0 radical (unpaired) electrons. The molecule has 1 saturated carbocycles. The van der Waals surface area contributed by atoms with E-state index in [0.29, 0.717) is 12.8 Å². The van der Waals surface area contributed by atoms with Gasteiger partial charge in [-0.15, -0.1) is 0 Å². The average Bonchev–Trinajstić information content (AvgIpc) is 2.58. The Labute approximate surface area is 116 Å². The van der Waals surface area contributed by atoms with Crippen LogP contribution in [-0.4, -0.2) is 28.1 Å². The zero-order valence-electron chi connectivity index (χ0n) is 10.4. The summed E-state index contributed by atoms with van der Waals surface area (Å²) in [7, 11) is 0. The summed E-state index contributed by atoms with van der Waals surface area (Å²) in [6.07, 6.45) is 4.73. The van der Waals surface area contributed by atoms with E-state index in [4.69, 9.17) is 11.6 Å². The molecule has 2 unspecified atom stereocenters. The second-order valence-electron chi connectivity index (χ2n) is 4.78. The number of carbonyl (C=O) groups is 1. The summed E-state index contributed by atoms with van der Waals surface area (Å²) in [4.78, 5) is 15.6. The lowest BCUT2D eigenvalue weighted by atomic mass is 10.1. The normalized spacial score (nSPS) is 23.7. The third-order valence-corrected chi connectivity index (χ3v) is 3.65. The highest BCUT2D eigenvalue weighted by molar-refractivity contribution is 6.32. The van der Waals surface area contributed by atoms with E-state index >= 15 is 0 Å². The van der Waals surface area contributed by atoms with Crippen LogP contribution in [0.1, 0.15) is 42.5 Å². The number of rotatable bonds is 2. The molecule has 1 amide bonds. The highest BCUT2D eigenvalue weighted by atomic mass is 35.5. The van der Waals surface area contributed by atoms with Gasteiger partial charge in [0.25, 0.3) is 5.91 Å². The maximum Gasteiger partial charge on any atom is 0.254 e. The third kappa shape index (κ3) is 3.64. The van der Waals surface area contributed by atoms with Crippen LogP contribution in [0.25, 0.3) is 0 Å². The van der Waals surface area contributed by atoms with E-state index in [1.165, 1.54) is 0 Å². The molecule has 0 bridgehead atoms. The lowest BCUT2D eigenvalue weighted by Gasteiger charge is -2.21. The number of aliphatic hydroxyl groups is 1. The quantitative estimate of drug-likeness (QED) is 0.648. The maximum atomic E-state index is 13.1. The number of nitrogens with one attached hydrogen (secondary N) is 1. The standard InChI is InChI=1S/C13H16ClFN2O2/c14-12-9(6-8(15)7-16-12)13(19)17-10-4-2-1-3-5-11(10)18/h6-7,10-11,18H,1-5H2,(H,17,19). The summed E-state index contributed by atoms with van der Waals surface area (Å²) in [5.41, 5.74) is -0.00175. The van der Waals surface area contributed by atoms with Crippen LogP contribution in [0.5, 0.6) is 0 Å². The Balaban J connectivity index is 2.09. The third-order valence-electron chi connectivity index (χ3n) is 3.35. The van der Waals surface area contributed by atoms with Crippen LogP contribution in [-0.2, 0) is 0 Å². The molecule has 2 N–H and O–H groups in total. The molecule has 1 aliphatic rings. The molecule has 1 aliphatic carbocycles. The van der Waals surface area contributed by atoms with Gasteiger partial charge in [0, 0.05) is 0 Å². The first kappa shape index (κ1) is 14.2. The molecule has 104 valence electrons. The smallest absolute Gasteiger partial charge is 0.254 e. The molecule has 0 saturated heterocycles. The van der Waals surface area contributed by atoms with Crippen molar-refractivity contribution >= 4 is 17.5 Å². The highest BCUT2D eigenvalue weighted by Crippen LogP contribution is 2.19. The van der Waals surface area contributed by atoms with Gasteiger partial charge in [0.2, 0.25) is 0 Å². The largest absolute Gasteiger partial charge is 0.391 e. The first-order valence-corrected chi connectivity index (χ1v) is 6.75.